The maximum Gasteiger partial charge on any atom is 0.433 e. The van der Waals surface area contributed by atoms with Gasteiger partial charge in [0.25, 0.3) is 5.91 Å². The number of aromatic nitrogens is 2. The van der Waals surface area contributed by atoms with E-state index in [2.05, 4.69) is 9.97 Å². The highest BCUT2D eigenvalue weighted by atomic mass is 35.5. The van der Waals surface area contributed by atoms with Gasteiger partial charge in [0.1, 0.15) is 22.6 Å². The third kappa shape index (κ3) is 4.60. The van der Waals surface area contributed by atoms with Crippen LogP contribution in [-0.2, 0) is 6.18 Å². The summed E-state index contributed by atoms with van der Waals surface area (Å²) in [5, 5.41) is 11.1. The fourth-order valence-corrected chi connectivity index (χ4v) is 4.58. The first-order valence-corrected chi connectivity index (χ1v) is 11.5. The molecule has 1 amide bonds. The van der Waals surface area contributed by atoms with Crippen LogP contribution in [0.3, 0.4) is 0 Å². The third-order valence-electron chi connectivity index (χ3n) is 6.15. The lowest BCUT2D eigenvalue weighted by Gasteiger charge is -2.35. The number of fused-ring (bicyclic) bond motifs is 1. The molecule has 0 unspecified atom stereocenters. The minimum atomic E-state index is -4.53. The zero-order valence-electron chi connectivity index (χ0n) is 19.2. The molecule has 9 nitrogen and oxygen atoms in total. The number of halogens is 5. The van der Waals surface area contributed by atoms with E-state index in [4.69, 9.17) is 16.0 Å². The normalized spacial score (nSPS) is 14.2. The van der Waals surface area contributed by atoms with Gasteiger partial charge in [0.2, 0.25) is 0 Å². The monoisotopic (exact) mass is 549 g/mol. The summed E-state index contributed by atoms with van der Waals surface area (Å²) in [6.45, 7) is 1.08. The molecule has 0 radical (unpaired) electrons. The zero-order valence-corrected chi connectivity index (χ0v) is 20.0. The number of nitro groups is 1. The number of rotatable bonds is 4. The Bertz CT molecular complexity index is 1550. The number of nitrogens with zero attached hydrogens (tertiary/aromatic N) is 5. The number of alkyl halides is 3. The molecule has 0 N–H and O–H groups in total. The van der Waals surface area contributed by atoms with Crippen LogP contribution in [0.25, 0.3) is 22.0 Å². The van der Waals surface area contributed by atoms with Gasteiger partial charge in [-0.3, -0.25) is 14.9 Å². The molecule has 1 aliphatic rings. The van der Waals surface area contributed by atoms with Crippen molar-refractivity contribution in [2.45, 2.75) is 6.18 Å². The summed E-state index contributed by atoms with van der Waals surface area (Å²) in [7, 11) is 0. The van der Waals surface area contributed by atoms with Crippen molar-refractivity contribution in [1.29, 1.82) is 0 Å². The van der Waals surface area contributed by atoms with Gasteiger partial charge in [-0.2, -0.15) is 13.2 Å². The second kappa shape index (κ2) is 9.56. The van der Waals surface area contributed by atoms with Crippen molar-refractivity contribution in [2.75, 3.05) is 31.1 Å². The summed E-state index contributed by atoms with van der Waals surface area (Å²) in [5.74, 6) is -1.61. The molecule has 0 saturated carbocycles. The topological polar surface area (TPSA) is 106 Å². The molecule has 3 heterocycles. The zero-order chi connectivity index (χ0) is 27.2. The van der Waals surface area contributed by atoms with Crippen LogP contribution < -0.4 is 4.90 Å². The molecule has 1 fully saturated rings. The summed E-state index contributed by atoms with van der Waals surface area (Å²) in [5.41, 5.74) is -0.852. The van der Waals surface area contributed by atoms with Gasteiger partial charge in [-0.1, -0.05) is 23.7 Å². The Kier molecular flexibility index (Phi) is 6.39. The fraction of sp³-hybridized carbons (Fsp3) is 0.208. The molecule has 1 saturated heterocycles. The van der Waals surface area contributed by atoms with Crippen molar-refractivity contribution in [2.24, 2.45) is 0 Å². The summed E-state index contributed by atoms with van der Waals surface area (Å²) in [6, 6.07) is 7.79. The molecular weight excluding hydrogens is 534 g/mol. The van der Waals surface area contributed by atoms with Gasteiger partial charge in [0, 0.05) is 37.1 Å². The third-order valence-corrected chi connectivity index (χ3v) is 6.45. The number of anilines is 1. The van der Waals surface area contributed by atoms with Crippen LogP contribution in [0.1, 0.15) is 16.1 Å². The number of hydrogen-bond acceptors (Lipinski definition) is 7. The van der Waals surface area contributed by atoms with E-state index in [0.29, 0.717) is 24.3 Å². The second-order valence-corrected chi connectivity index (χ2v) is 8.80. The minimum absolute atomic E-state index is 0.0287. The van der Waals surface area contributed by atoms with E-state index in [1.807, 2.05) is 4.90 Å². The average Bonchev–Trinajstić information content (AvgIpc) is 3.39. The number of carbonyl (C=O) groups excluding carboxylic acids is 1. The predicted molar refractivity (Wildman–Crippen MR) is 128 cm³/mol. The van der Waals surface area contributed by atoms with Crippen LogP contribution >= 0.6 is 11.6 Å². The van der Waals surface area contributed by atoms with Crippen molar-refractivity contribution in [3.05, 3.63) is 81.1 Å². The Morgan fingerprint density at radius 3 is 2.34 bits per heavy atom. The Morgan fingerprint density at radius 2 is 1.74 bits per heavy atom. The average molecular weight is 550 g/mol. The van der Waals surface area contributed by atoms with Crippen LogP contribution in [0.5, 0.6) is 0 Å². The lowest BCUT2D eigenvalue weighted by Crippen LogP contribution is -2.49. The Balaban J connectivity index is 1.40. The molecular formula is C24H16ClF4N5O4. The first-order chi connectivity index (χ1) is 18.0. The molecule has 5 rings (SSSR count). The molecule has 0 bridgehead atoms. The summed E-state index contributed by atoms with van der Waals surface area (Å²) >= 11 is 6.39. The van der Waals surface area contributed by atoms with Gasteiger partial charge in [-0.25, -0.2) is 14.4 Å². The van der Waals surface area contributed by atoms with Crippen LogP contribution in [0.15, 0.2) is 53.2 Å². The van der Waals surface area contributed by atoms with Gasteiger partial charge in [-0.05, 0) is 29.8 Å². The molecule has 4 aromatic rings. The maximum atomic E-state index is 15.6. The number of piperazine rings is 1. The molecule has 0 atom stereocenters. The second-order valence-electron chi connectivity index (χ2n) is 8.39. The quantitative estimate of drug-likeness (QED) is 0.186. The molecule has 0 aliphatic carbocycles. The van der Waals surface area contributed by atoms with Gasteiger partial charge in [-0.15, -0.1) is 0 Å². The highest BCUT2D eigenvalue weighted by Crippen LogP contribution is 2.39. The Labute approximate surface area is 216 Å². The molecule has 0 spiro atoms. The van der Waals surface area contributed by atoms with E-state index in [0.717, 1.165) is 30.3 Å². The van der Waals surface area contributed by atoms with Crippen LogP contribution in [0, 0.1) is 15.9 Å². The Morgan fingerprint density at radius 1 is 1.05 bits per heavy atom. The van der Waals surface area contributed by atoms with Crippen LogP contribution in [0.2, 0.25) is 5.02 Å². The summed E-state index contributed by atoms with van der Waals surface area (Å²) in [6.07, 6.45) is -3.36. The van der Waals surface area contributed by atoms with Crippen molar-refractivity contribution in [3.8, 4) is 11.1 Å². The van der Waals surface area contributed by atoms with Gasteiger partial charge in [0.15, 0.2) is 11.6 Å². The highest BCUT2D eigenvalue weighted by Gasteiger charge is 2.31. The van der Waals surface area contributed by atoms with E-state index < -0.39 is 34.3 Å². The maximum absolute atomic E-state index is 15.6. The number of carbonyl (C=O) groups is 1. The lowest BCUT2D eigenvalue weighted by molar-refractivity contribution is -0.402. The summed E-state index contributed by atoms with van der Waals surface area (Å²) < 4.78 is 59.3. The first kappa shape index (κ1) is 25.4. The molecule has 196 valence electrons. The fourth-order valence-electron chi connectivity index (χ4n) is 4.28. The molecule has 2 aromatic carbocycles. The SMILES string of the molecule is O=C(c1ccc([N+](=O)[O-])o1)N1CCN(c2ncnc3c(F)c(-c4ccc(C(F)(F)F)cc4)c(Cl)cc23)CC1. The van der Waals surface area contributed by atoms with Crippen LogP contribution in [-0.4, -0.2) is 51.9 Å². The van der Waals surface area contributed by atoms with Gasteiger partial charge < -0.3 is 14.2 Å². The van der Waals surface area contributed by atoms with Crippen molar-refractivity contribution >= 4 is 40.1 Å². The lowest BCUT2D eigenvalue weighted by atomic mass is 10.0. The molecule has 2 aromatic heterocycles. The van der Waals surface area contributed by atoms with Crippen molar-refractivity contribution in [1.82, 2.24) is 14.9 Å². The Hall–Kier alpha value is -4.26. The smallest absolute Gasteiger partial charge is 0.395 e. The van der Waals surface area contributed by atoms with Gasteiger partial charge in [0.05, 0.1) is 16.7 Å². The van der Waals surface area contributed by atoms with Crippen molar-refractivity contribution in [3.63, 3.8) is 0 Å². The number of benzene rings is 2. The predicted octanol–water partition coefficient (Wildman–Crippen LogP) is 5.57. The largest absolute Gasteiger partial charge is 0.433 e. The van der Waals surface area contributed by atoms with E-state index in [9.17, 15) is 28.1 Å². The number of furan rings is 1. The van der Waals surface area contributed by atoms with Crippen LogP contribution in [0.4, 0.5) is 29.3 Å². The number of hydrogen-bond donors (Lipinski definition) is 0. The summed E-state index contributed by atoms with van der Waals surface area (Å²) in [4.78, 5) is 34.3. The van der Waals surface area contributed by atoms with E-state index in [1.165, 1.54) is 23.4 Å². The van der Waals surface area contributed by atoms with Gasteiger partial charge >= 0.3 is 12.1 Å². The molecule has 1 aliphatic heterocycles. The molecule has 14 heteroatoms. The van der Waals surface area contributed by atoms with E-state index in [1.54, 1.807) is 0 Å². The number of amides is 1. The minimum Gasteiger partial charge on any atom is -0.395 e. The molecule has 38 heavy (non-hydrogen) atoms. The highest BCUT2D eigenvalue weighted by molar-refractivity contribution is 6.34. The van der Waals surface area contributed by atoms with E-state index in [-0.39, 0.29) is 40.5 Å². The van der Waals surface area contributed by atoms with E-state index >= 15 is 4.39 Å². The van der Waals surface area contributed by atoms with Crippen molar-refractivity contribution < 1.29 is 31.7 Å². The first-order valence-electron chi connectivity index (χ1n) is 11.1. The standard InChI is InChI=1S/C24H16ClF4N5O4/c25-16-11-15-21(20(26)19(16)13-1-3-14(4-2-13)24(27,28)29)30-12-31-22(15)32-7-9-33(10-8-32)23(35)17-5-6-18(38-17)34(36)37/h1-6,11-12H,7-10H2.